The Hall–Kier alpha value is -2.04. The number of rotatable bonds is 8. The van der Waals surface area contributed by atoms with Crippen LogP contribution in [0.2, 0.25) is 0 Å². The fourth-order valence-electron chi connectivity index (χ4n) is 2.82. The summed E-state index contributed by atoms with van der Waals surface area (Å²) in [7, 11) is 0. The molecule has 0 radical (unpaired) electrons. The van der Waals surface area contributed by atoms with Crippen LogP contribution in [0.1, 0.15) is 32.3 Å². The Kier molecular flexibility index (Phi) is 6.44. The van der Waals surface area contributed by atoms with E-state index in [1.807, 2.05) is 30.3 Å². The van der Waals surface area contributed by atoms with Gasteiger partial charge < -0.3 is 9.47 Å². The third-order valence-corrected chi connectivity index (χ3v) is 3.90. The summed E-state index contributed by atoms with van der Waals surface area (Å²) in [6, 6.07) is 9.29. The molecule has 0 saturated carbocycles. The molecule has 0 bridgehead atoms. The van der Waals surface area contributed by atoms with E-state index in [2.05, 4.69) is 23.9 Å². The lowest BCUT2D eigenvalue weighted by molar-refractivity contribution is -0.145. The van der Waals surface area contributed by atoms with Gasteiger partial charge >= 0.3 is 5.97 Å². The molecule has 6 nitrogen and oxygen atoms in total. The monoisotopic (exact) mass is 317 g/mol. The van der Waals surface area contributed by atoms with Gasteiger partial charge in [0.25, 0.3) is 0 Å². The Labute approximate surface area is 136 Å². The first kappa shape index (κ1) is 17.3. The lowest BCUT2D eigenvalue weighted by atomic mass is 9.93. The number of ether oxygens (including phenoxy) is 2. The van der Waals surface area contributed by atoms with E-state index in [1.54, 1.807) is 0 Å². The molecule has 6 heteroatoms. The maximum Gasteiger partial charge on any atom is 0.309 e. The summed E-state index contributed by atoms with van der Waals surface area (Å²) in [5, 5.41) is 3.76. The van der Waals surface area contributed by atoms with Crippen LogP contribution < -0.4 is 0 Å². The molecule has 2 rings (SSSR count). The minimum atomic E-state index is -0.482. The van der Waals surface area contributed by atoms with E-state index in [9.17, 15) is 4.79 Å². The van der Waals surface area contributed by atoms with Crippen molar-refractivity contribution in [1.29, 1.82) is 0 Å². The number of carbonyl (C=O) groups excluding carboxylic acids is 1. The van der Waals surface area contributed by atoms with E-state index in [1.165, 1.54) is 0 Å². The van der Waals surface area contributed by atoms with Crippen LogP contribution in [0.5, 0.6) is 0 Å². The SMILES string of the molecule is CC(C)C[C@@H]1C[C@@H]([C@H](COCc2ccccc2)N=[N+]=[N-])OC1=O. The molecule has 0 N–H and O–H groups in total. The van der Waals surface area contributed by atoms with Crippen LogP contribution in [0.3, 0.4) is 0 Å². The molecule has 0 aliphatic carbocycles. The molecule has 1 aliphatic rings. The molecule has 0 aromatic heterocycles. The second kappa shape index (κ2) is 8.56. The largest absolute Gasteiger partial charge is 0.462 e. The molecule has 0 amide bonds. The van der Waals surface area contributed by atoms with E-state index in [0.717, 1.165) is 12.0 Å². The van der Waals surface area contributed by atoms with Gasteiger partial charge in [0, 0.05) is 4.91 Å². The molecular formula is C17H23N3O3. The summed E-state index contributed by atoms with van der Waals surface area (Å²) in [5.74, 6) is 0.133. The first-order chi connectivity index (χ1) is 11.1. The highest BCUT2D eigenvalue weighted by atomic mass is 16.6. The van der Waals surface area contributed by atoms with Crippen molar-refractivity contribution >= 4 is 5.97 Å². The third-order valence-electron chi connectivity index (χ3n) is 3.90. The van der Waals surface area contributed by atoms with E-state index in [-0.39, 0.29) is 18.5 Å². The van der Waals surface area contributed by atoms with Crippen molar-refractivity contribution in [1.82, 2.24) is 0 Å². The smallest absolute Gasteiger partial charge is 0.309 e. The fourth-order valence-corrected chi connectivity index (χ4v) is 2.82. The Morgan fingerprint density at radius 3 is 2.78 bits per heavy atom. The number of cyclic esters (lactones) is 1. The van der Waals surface area contributed by atoms with E-state index < -0.39 is 12.1 Å². The Balaban J connectivity index is 1.88. The second-order valence-electron chi connectivity index (χ2n) is 6.31. The Bertz CT molecular complexity index is 555. The molecule has 3 atom stereocenters. The van der Waals surface area contributed by atoms with Crippen LogP contribution in [0.15, 0.2) is 35.4 Å². The van der Waals surface area contributed by atoms with Gasteiger partial charge in [-0.05, 0) is 29.9 Å². The topological polar surface area (TPSA) is 84.3 Å². The number of carbonyl (C=O) groups is 1. The zero-order chi connectivity index (χ0) is 16.7. The first-order valence-corrected chi connectivity index (χ1v) is 7.96. The lowest BCUT2D eigenvalue weighted by Gasteiger charge is -2.17. The van der Waals surface area contributed by atoms with E-state index in [0.29, 0.717) is 18.9 Å². The molecule has 1 aromatic rings. The zero-order valence-corrected chi connectivity index (χ0v) is 13.6. The van der Waals surface area contributed by atoms with Gasteiger partial charge in [-0.25, -0.2) is 0 Å². The van der Waals surface area contributed by atoms with Crippen molar-refractivity contribution in [2.24, 2.45) is 17.0 Å². The van der Waals surface area contributed by atoms with Gasteiger partial charge in [0.1, 0.15) is 6.10 Å². The average Bonchev–Trinajstić information content (AvgIpc) is 2.88. The number of nitrogens with zero attached hydrogens (tertiary/aromatic N) is 3. The highest BCUT2D eigenvalue weighted by Gasteiger charge is 2.38. The van der Waals surface area contributed by atoms with Crippen LogP contribution in [-0.4, -0.2) is 24.7 Å². The highest BCUT2D eigenvalue weighted by Crippen LogP contribution is 2.30. The molecule has 1 heterocycles. The molecule has 0 unspecified atom stereocenters. The van der Waals surface area contributed by atoms with Crippen LogP contribution >= 0.6 is 0 Å². The van der Waals surface area contributed by atoms with Gasteiger partial charge in [-0.2, -0.15) is 0 Å². The number of benzene rings is 1. The molecule has 0 spiro atoms. The summed E-state index contributed by atoms with van der Waals surface area (Å²) in [6.07, 6.45) is 0.997. The predicted octanol–water partition coefficient (Wildman–Crippen LogP) is 3.86. The standard InChI is InChI=1S/C17H23N3O3/c1-12(2)8-14-9-16(23-17(14)21)15(19-20-18)11-22-10-13-6-4-3-5-7-13/h3-7,12,14-16H,8-11H2,1-2H3/t14-,15+,16+/m1/s1. The zero-order valence-electron chi connectivity index (χ0n) is 13.6. The van der Waals surface area contributed by atoms with Gasteiger partial charge in [-0.1, -0.05) is 49.3 Å². The van der Waals surface area contributed by atoms with Crippen LogP contribution in [0.25, 0.3) is 10.4 Å². The van der Waals surface area contributed by atoms with E-state index >= 15 is 0 Å². The van der Waals surface area contributed by atoms with E-state index in [4.69, 9.17) is 15.0 Å². The van der Waals surface area contributed by atoms with Crippen LogP contribution in [0, 0.1) is 11.8 Å². The number of hydrogen-bond acceptors (Lipinski definition) is 4. The van der Waals surface area contributed by atoms with Crippen molar-refractivity contribution in [3.63, 3.8) is 0 Å². The van der Waals surface area contributed by atoms with Crippen LogP contribution in [-0.2, 0) is 20.9 Å². The maximum atomic E-state index is 11.9. The number of azide groups is 1. The molecule has 23 heavy (non-hydrogen) atoms. The van der Waals surface area contributed by atoms with Crippen molar-refractivity contribution in [2.45, 2.75) is 45.4 Å². The van der Waals surface area contributed by atoms with Crippen molar-refractivity contribution in [3.8, 4) is 0 Å². The minimum absolute atomic E-state index is 0.106. The Morgan fingerprint density at radius 1 is 1.39 bits per heavy atom. The maximum absolute atomic E-state index is 11.9. The van der Waals surface area contributed by atoms with Crippen molar-refractivity contribution < 1.29 is 14.3 Å². The number of esters is 1. The normalized spacial score (nSPS) is 21.8. The summed E-state index contributed by atoms with van der Waals surface area (Å²) in [4.78, 5) is 14.8. The molecular weight excluding hydrogens is 294 g/mol. The van der Waals surface area contributed by atoms with Gasteiger partial charge in [0.2, 0.25) is 0 Å². The molecule has 1 aromatic carbocycles. The molecule has 124 valence electrons. The summed E-state index contributed by atoms with van der Waals surface area (Å²) in [6.45, 7) is 4.84. The molecule has 1 saturated heterocycles. The first-order valence-electron chi connectivity index (χ1n) is 7.96. The van der Waals surface area contributed by atoms with Gasteiger partial charge in [0.15, 0.2) is 0 Å². The predicted molar refractivity (Wildman–Crippen MR) is 86.5 cm³/mol. The quantitative estimate of drug-likeness (QED) is 0.316. The second-order valence-corrected chi connectivity index (χ2v) is 6.31. The summed E-state index contributed by atoms with van der Waals surface area (Å²) < 4.78 is 11.1. The van der Waals surface area contributed by atoms with Crippen molar-refractivity contribution in [2.75, 3.05) is 6.61 Å². The van der Waals surface area contributed by atoms with Crippen molar-refractivity contribution in [3.05, 3.63) is 46.3 Å². The summed E-state index contributed by atoms with van der Waals surface area (Å²) >= 11 is 0. The summed E-state index contributed by atoms with van der Waals surface area (Å²) in [5.41, 5.74) is 9.80. The lowest BCUT2D eigenvalue weighted by Crippen LogP contribution is -2.28. The molecule has 1 fully saturated rings. The van der Waals surface area contributed by atoms with Gasteiger partial charge in [0.05, 0.1) is 25.2 Å². The number of hydrogen-bond donors (Lipinski definition) is 0. The fraction of sp³-hybridized carbons (Fsp3) is 0.588. The van der Waals surface area contributed by atoms with Gasteiger partial charge in [-0.3, -0.25) is 4.79 Å². The third kappa shape index (κ3) is 5.27. The van der Waals surface area contributed by atoms with Gasteiger partial charge in [-0.15, -0.1) is 0 Å². The Morgan fingerprint density at radius 2 is 2.13 bits per heavy atom. The average molecular weight is 317 g/mol. The molecule has 1 aliphatic heterocycles. The minimum Gasteiger partial charge on any atom is -0.462 e. The van der Waals surface area contributed by atoms with Crippen LogP contribution in [0.4, 0.5) is 0 Å². The highest BCUT2D eigenvalue weighted by molar-refractivity contribution is 5.74.